The predicted octanol–water partition coefficient (Wildman–Crippen LogP) is 3.51. The Kier molecular flexibility index (Phi) is 7.11. The Morgan fingerprint density at radius 2 is 1.67 bits per heavy atom. The molecule has 0 aliphatic rings. The summed E-state index contributed by atoms with van der Waals surface area (Å²) >= 11 is 0. The van der Waals surface area contributed by atoms with Gasteiger partial charge in [0.1, 0.15) is 5.75 Å². The van der Waals surface area contributed by atoms with E-state index in [2.05, 4.69) is 15.8 Å². The van der Waals surface area contributed by atoms with Crippen molar-refractivity contribution < 1.29 is 14.3 Å². The Labute approximate surface area is 159 Å². The Morgan fingerprint density at radius 3 is 2.41 bits per heavy atom. The number of carbonyl (C=O) groups excluding carboxylic acids is 2. The van der Waals surface area contributed by atoms with Crippen molar-refractivity contribution in [2.24, 2.45) is 5.10 Å². The quantitative estimate of drug-likeness (QED) is 0.580. The van der Waals surface area contributed by atoms with Crippen LogP contribution in [0.4, 0.5) is 5.69 Å². The minimum atomic E-state index is -0.382. The number of hydrogen-bond donors (Lipinski definition) is 2. The second kappa shape index (κ2) is 9.52. The highest BCUT2D eigenvalue weighted by Crippen LogP contribution is 2.18. The van der Waals surface area contributed by atoms with Crippen molar-refractivity contribution in [3.63, 3.8) is 0 Å². The van der Waals surface area contributed by atoms with Crippen LogP contribution in [0, 0.1) is 20.8 Å². The normalized spacial score (nSPS) is 11.0. The lowest BCUT2D eigenvalue weighted by Gasteiger charge is -2.10. The molecule has 6 heteroatoms. The summed E-state index contributed by atoms with van der Waals surface area (Å²) < 4.78 is 5.45. The summed E-state index contributed by atoms with van der Waals surface area (Å²) in [5.74, 6) is 0.0872. The summed E-state index contributed by atoms with van der Waals surface area (Å²) in [6.07, 6.45) is 0.0896. The van der Waals surface area contributed by atoms with Crippen LogP contribution in [-0.2, 0) is 9.59 Å². The van der Waals surface area contributed by atoms with E-state index in [0.717, 1.165) is 22.4 Å². The molecule has 0 saturated carbocycles. The summed E-state index contributed by atoms with van der Waals surface area (Å²) in [5, 5.41) is 6.82. The average Bonchev–Trinajstić information content (AvgIpc) is 2.63. The van der Waals surface area contributed by atoms with Gasteiger partial charge in [-0.15, -0.1) is 0 Å². The van der Waals surface area contributed by atoms with Gasteiger partial charge in [-0.3, -0.25) is 9.59 Å². The molecule has 2 aromatic carbocycles. The number of nitrogens with zero attached hydrogens (tertiary/aromatic N) is 1. The van der Waals surface area contributed by atoms with E-state index < -0.39 is 0 Å². The van der Waals surface area contributed by atoms with Gasteiger partial charge in [-0.2, -0.15) is 5.10 Å². The maximum atomic E-state index is 12.1. The van der Waals surface area contributed by atoms with Gasteiger partial charge in [0.2, 0.25) is 5.91 Å². The third-order valence-electron chi connectivity index (χ3n) is 4.12. The fourth-order valence-corrected chi connectivity index (χ4v) is 2.40. The van der Waals surface area contributed by atoms with Crippen molar-refractivity contribution in [3.8, 4) is 5.75 Å². The SMILES string of the molecule is C/C(CC(=O)Nc1cccc(C)c1C)=N\NC(=O)COc1ccccc1C. The zero-order chi connectivity index (χ0) is 19.8. The summed E-state index contributed by atoms with van der Waals surface area (Å²) in [7, 11) is 0. The first-order valence-corrected chi connectivity index (χ1v) is 8.73. The zero-order valence-electron chi connectivity index (χ0n) is 16.1. The second-order valence-corrected chi connectivity index (χ2v) is 6.41. The van der Waals surface area contributed by atoms with Crippen LogP contribution >= 0.6 is 0 Å². The van der Waals surface area contributed by atoms with Crippen LogP contribution in [-0.4, -0.2) is 24.1 Å². The van der Waals surface area contributed by atoms with Crippen LogP contribution in [0.1, 0.15) is 30.0 Å². The minimum Gasteiger partial charge on any atom is -0.483 e. The molecule has 6 nitrogen and oxygen atoms in total. The summed E-state index contributed by atoms with van der Waals surface area (Å²) in [6.45, 7) is 7.40. The van der Waals surface area contributed by atoms with Crippen LogP contribution in [0.3, 0.4) is 0 Å². The summed E-state index contributed by atoms with van der Waals surface area (Å²) in [4.78, 5) is 24.0. The third kappa shape index (κ3) is 6.26. The van der Waals surface area contributed by atoms with E-state index in [-0.39, 0.29) is 24.8 Å². The highest BCUT2D eigenvalue weighted by Gasteiger charge is 2.08. The van der Waals surface area contributed by atoms with Gasteiger partial charge < -0.3 is 10.1 Å². The molecular weight excluding hydrogens is 342 g/mol. The number of amides is 2. The standard InChI is InChI=1S/C21H25N3O3/c1-14-9-7-10-18(17(14)4)22-20(25)12-16(3)23-24-21(26)13-27-19-11-6-5-8-15(19)2/h5-11H,12-13H2,1-4H3,(H,22,25)(H,24,26)/b23-16+. The van der Waals surface area contributed by atoms with Crippen LogP contribution < -0.4 is 15.5 Å². The van der Waals surface area contributed by atoms with Crippen LogP contribution in [0.5, 0.6) is 5.75 Å². The minimum absolute atomic E-state index is 0.0896. The van der Waals surface area contributed by atoms with Gasteiger partial charge >= 0.3 is 0 Å². The Morgan fingerprint density at radius 1 is 0.963 bits per heavy atom. The monoisotopic (exact) mass is 367 g/mol. The molecule has 2 N–H and O–H groups in total. The molecule has 0 unspecified atom stereocenters. The van der Waals surface area contributed by atoms with Crippen molar-refractivity contribution in [2.45, 2.75) is 34.1 Å². The average molecular weight is 367 g/mol. The first-order valence-electron chi connectivity index (χ1n) is 8.73. The first kappa shape index (κ1) is 20.2. The van der Waals surface area contributed by atoms with E-state index in [1.807, 2.05) is 57.2 Å². The smallest absolute Gasteiger partial charge is 0.277 e. The third-order valence-corrected chi connectivity index (χ3v) is 4.12. The summed E-state index contributed by atoms with van der Waals surface area (Å²) in [6, 6.07) is 13.2. The number of para-hydroxylation sites is 1. The highest BCUT2D eigenvalue weighted by molar-refractivity contribution is 6.06. The molecule has 2 aromatic rings. The maximum Gasteiger partial charge on any atom is 0.277 e. The molecule has 27 heavy (non-hydrogen) atoms. The molecule has 0 aromatic heterocycles. The van der Waals surface area contributed by atoms with Crippen LogP contribution in [0.2, 0.25) is 0 Å². The highest BCUT2D eigenvalue weighted by atomic mass is 16.5. The number of nitrogens with one attached hydrogen (secondary N) is 2. The van der Waals surface area contributed by atoms with Crippen LogP contribution in [0.25, 0.3) is 0 Å². The Bertz CT molecular complexity index is 860. The van der Waals surface area contributed by atoms with E-state index in [0.29, 0.717) is 11.5 Å². The van der Waals surface area contributed by atoms with Crippen molar-refractivity contribution in [2.75, 3.05) is 11.9 Å². The van der Waals surface area contributed by atoms with Gasteiger partial charge in [0.15, 0.2) is 6.61 Å². The number of rotatable bonds is 7. The molecule has 0 aliphatic heterocycles. The molecule has 0 atom stereocenters. The number of benzene rings is 2. The van der Waals surface area contributed by atoms with Crippen molar-refractivity contribution in [1.29, 1.82) is 0 Å². The molecular formula is C21H25N3O3. The molecule has 2 rings (SSSR count). The first-order chi connectivity index (χ1) is 12.9. The lowest BCUT2D eigenvalue weighted by atomic mass is 10.1. The topological polar surface area (TPSA) is 79.8 Å². The zero-order valence-corrected chi connectivity index (χ0v) is 16.1. The van der Waals surface area contributed by atoms with E-state index in [1.165, 1.54) is 0 Å². The number of anilines is 1. The Hall–Kier alpha value is -3.15. The number of ether oxygens (including phenoxy) is 1. The van der Waals surface area contributed by atoms with Crippen molar-refractivity contribution >= 4 is 23.2 Å². The second-order valence-electron chi connectivity index (χ2n) is 6.41. The fraction of sp³-hybridized carbons (Fsp3) is 0.286. The number of carbonyl (C=O) groups is 2. The molecule has 0 fully saturated rings. The van der Waals surface area contributed by atoms with Gasteiger partial charge in [0, 0.05) is 11.4 Å². The van der Waals surface area contributed by atoms with E-state index >= 15 is 0 Å². The van der Waals surface area contributed by atoms with E-state index in [4.69, 9.17) is 4.74 Å². The maximum absolute atomic E-state index is 12.1. The molecule has 142 valence electrons. The van der Waals surface area contributed by atoms with Crippen molar-refractivity contribution in [3.05, 3.63) is 59.2 Å². The summed E-state index contributed by atoms with van der Waals surface area (Å²) in [5.41, 5.74) is 6.78. The van der Waals surface area contributed by atoms with Crippen LogP contribution in [0.15, 0.2) is 47.6 Å². The molecule has 0 bridgehead atoms. The molecule has 0 heterocycles. The number of hydrogen-bond acceptors (Lipinski definition) is 4. The van der Waals surface area contributed by atoms with Gasteiger partial charge in [0.05, 0.1) is 6.42 Å². The van der Waals surface area contributed by atoms with E-state index in [1.54, 1.807) is 13.0 Å². The molecule has 0 saturated heterocycles. The lowest BCUT2D eigenvalue weighted by molar-refractivity contribution is -0.123. The molecule has 0 radical (unpaired) electrons. The Balaban J connectivity index is 1.81. The fourth-order valence-electron chi connectivity index (χ4n) is 2.40. The van der Waals surface area contributed by atoms with Gasteiger partial charge in [-0.25, -0.2) is 5.43 Å². The molecule has 0 spiro atoms. The van der Waals surface area contributed by atoms with E-state index in [9.17, 15) is 9.59 Å². The largest absolute Gasteiger partial charge is 0.483 e. The number of hydrazone groups is 1. The van der Waals surface area contributed by atoms with Gasteiger partial charge in [-0.1, -0.05) is 30.3 Å². The predicted molar refractivity (Wildman–Crippen MR) is 107 cm³/mol. The van der Waals surface area contributed by atoms with Gasteiger partial charge in [-0.05, 0) is 56.5 Å². The lowest BCUT2D eigenvalue weighted by Crippen LogP contribution is -2.26. The van der Waals surface area contributed by atoms with Crippen molar-refractivity contribution in [1.82, 2.24) is 5.43 Å². The molecule has 0 aliphatic carbocycles. The number of aryl methyl sites for hydroxylation is 2. The van der Waals surface area contributed by atoms with Gasteiger partial charge in [0.25, 0.3) is 5.91 Å². The molecule has 2 amide bonds.